The predicted octanol–water partition coefficient (Wildman–Crippen LogP) is 6.28. The van der Waals surface area contributed by atoms with Crippen LogP contribution in [0.15, 0.2) is 91.0 Å². The second kappa shape index (κ2) is 12.9. The van der Waals surface area contributed by atoms with Gasteiger partial charge in [0, 0.05) is 31.1 Å². The van der Waals surface area contributed by atoms with Gasteiger partial charge in [-0.25, -0.2) is 13.2 Å². The maximum Gasteiger partial charge on any atom is 0.270 e. The number of halogens is 3. The lowest BCUT2D eigenvalue weighted by Crippen LogP contribution is -2.47. The van der Waals surface area contributed by atoms with E-state index in [2.05, 4.69) is 5.32 Å². The van der Waals surface area contributed by atoms with E-state index in [-0.39, 0.29) is 24.6 Å². The highest BCUT2D eigenvalue weighted by atomic mass is 19.3. The second-order valence-corrected chi connectivity index (χ2v) is 11.0. The average molecular weight is 603 g/mol. The van der Waals surface area contributed by atoms with Crippen molar-refractivity contribution in [1.82, 2.24) is 10.2 Å². The molecular formula is C35H33F3N2O4. The van der Waals surface area contributed by atoms with E-state index in [9.17, 15) is 27.9 Å². The molecule has 1 heterocycles. The largest absolute Gasteiger partial charge is 0.497 e. The van der Waals surface area contributed by atoms with Crippen molar-refractivity contribution >= 4 is 11.8 Å². The van der Waals surface area contributed by atoms with Gasteiger partial charge in [0.25, 0.3) is 11.8 Å². The van der Waals surface area contributed by atoms with Crippen molar-refractivity contribution in [3.05, 3.63) is 136 Å². The van der Waals surface area contributed by atoms with Crippen molar-refractivity contribution in [3.8, 4) is 5.75 Å². The van der Waals surface area contributed by atoms with Crippen molar-refractivity contribution in [2.75, 3.05) is 13.7 Å². The van der Waals surface area contributed by atoms with Crippen LogP contribution in [0.5, 0.6) is 5.75 Å². The summed E-state index contributed by atoms with van der Waals surface area (Å²) in [5, 5.41) is 12.6. The first-order chi connectivity index (χ1) is 21.1. The number of methoxy groups -OCH3 is 1. The first-order valence-corrected chi connectivity index (χ1v) is 14.3. The highest BCUT2D eigenvalue weighted by Crippen LogP contribution is 2.44. The van der Waals surface area contributed by atoms with Gasteiger partial charge < -0.3 is 20.1 Å². The summed E-state index contributed by atoms with van der Waals surface area (Å²) < 4.78 is 48.2. The number of nitrogens with zero attached hydrogens (tertiary/aromatic N) is 1. The molecule has 0 aliphatic carbocycles. The molecule has 6 nitrogen and oxygen atoms in total. The van der Waals surface area contributed by atoms with Gasteiger partial charge in [0.15, 0.2) is 0 Å². The number of aliphatic hydroxyl groups is 1. The molecule has 2 atom stereocenters. The highest BCUT2D eigenvalue weighted by Gasteiger charge is 2.44. The molecule has 2 N–H and O–H groups in total. The average Bonchev–Trinajstić information content (AvgIpc) is 3.02. The minimum absolute atomic E-state index is 0.171. The first-order valence-electron chi connectivity index (χ1n) is 14.3. The molecule has 0 radical (unpaired) electrons. The minimum atomic E-state index is -3.29. The number of hydrogen-bond acceptors (Lipinski definition) is 4. The smallest absolute Gasteiger partial charge is 0.270 e. The maximum absolute atomic E-state index is 14.5. The SMILES string of the molecule is COc1ccc(CCNC(=O)[C@@H]2c3ccccc3C(=O)N(Cc3cc(F)cc(C(C)(F)F)c3)[C@H]2c2ccc(CO)cc2)cc1. The number of nitrogens with one attached hydrogen (secondary N) is 1. The normalized spacial score (nSPS) is 16.4. The van der Waals surface area contributed by atoms with Gasteiger partial charge in [-0.05, 0) is 70.6 Å². The van der Waals surface area contributed by atoms with E-state index in [0.717, 1.165) is 23.4 Å². The van der Waals surface area contributed by atoms with Crippen LogP contribution in [0, 0.1) is 5.82 Å². The number of carbonyl (C=O) groups is 2. The summed E-state index contributed by atoms with van der Waals surface area (Å²) in [6.45, 7) is 0.609. The van der Waals surface area contributed by atoms with E-state index in [0.29, 0.717) is 42.1 Å². The number of ether oxygens (including phenoxy) is 1. The molecule has 4 aromatic carbocycles. The fraction of sp³-hybridized carbons (Fsp3) is 0.257. The summed E-state index contributed by atoms with van der Waals surface area (Å²) >= 11 is 0. The lowest BCUT2D eigenvalue weighted by molar-refractivity contribution is -0.124. The van der Waals surface area contributed by atoms with Gasteiger partial charge in [-0.3, -0.25) is 9.59 Å². The van der Waals surface area contributed by atoms with E-state index in [1.165, 1.54) is 11.0 Å². The zero-order chi connectivity index (χ0) is 31.4. The van der Waals surface area contributed by atoms with Gasteiger partial charge in [0.05, 0.1) is 25.7 Å². The molecule has 0 bridgehead atoms. The standard InChI is InChI=1S/C35H33F3N2O4/c1-35(37,38)26-17-24(18-27(36)19-26)20-40-32(25-11-7-23(21-41)8-12-25)31(29-5-3-4-6-30(29)34(40)43)33(42)39-16-15-22-9-13-28(44-2)14-10-22/h3-14,17-19,31-32,41H,15-16,20-21H2,1-2H3,(H,39,42)/t31-,32+/m1/s1. The molecule has 9 heteroatoms. The number of rotatable bonds is 10. The quantitative estimate of drug-likeness (QED) is 0.224. The van der Waals surface area contributed by atoms with Crippen molar-refractivity contribution in [2.45, 2.75) is 44.4 Å². The summed E-state index contributed by atoms with van der Waals surface area (Å²) in [7, 11) is 1.59. The Morgan fingerprint density at radius 3 is 2.30 bits per heavy atom. The minimum Gasteiger partial charge on any atom is -0.497 e. The number of fused-ring (bicyclic) bond motifs is 1. The predicted molar refractivity (Wildman–Crippen MR) is 160 cm³/mol. The van der Waals surface area contributed by atoms with Crippen molar-refractivity contribution in [1.29, 1.82) is 0 Å². The van der Waals surface area contributed by atoms with Crippen LogP contribution in [0.1, 0.15) is 62.6 Å². The maximum atomic E-state index is 14.5. The van der Waals surface area contributed by atoms with Gasteiger partial charge in [-0.15, -0.1) is 0 Å². The molecule has 44 heavy (non-hydrogen) atoms. The molecule has 228 valence electrons. The third-order valence-electron chi connectivity index (χ3n) is 7.91. The summed E-state index contributed by atoms with van der Waals surface area (Å²) in [5.41, 5.74) is 2.76. The first kappa shape index (κ1) is 30.8. The Bertz CT molecular complexity index is 1640. The molecule has 4 aromatic rings. The molecule has 1 aliphatic heterocycles. The molecule has 0 fully saturated rings. The number of alkyl halides is 2. The van der Waals surface area contributed by atoms with E-state index < -0.39 is 35.2 Å². The molecule has 0 unspecified atom stereocenters. The molecule has 0 saturated carbocycles. The monoisotopic (exact) mass is 602 g/mol. The third kappa shape index (κ3) is 6.63. The van der Waals surface area contributed by atoms with Crippen LogP contribution >= 0.6 is 0 Å². The lowest BCUT2D eigenvalue weighted by atomic mass is 9.78. The summed E-state index contributed by atoms with van der Waals surface area (Å²) in [6.07, 6.45) is 0.555. The highest BCUT2D eigenvalue weighted by molar-refractivity contribution is 6.01. The van der Waals surface area contributed by atoms with Crippen LogP contribution in [0.4, 0.5) is 13.2 Å². The van der Waals surface area contributed by atoms with Gasteiger partial charge in [0.2, 0.25) is 5.91 Å². The molecule has 0 aromatic heterocycles. The van der Waals surface area contributed by atoms with E-state index >= 15 is 0 Å². The summed E-state index contributed by atoms with van der Waals surface area (Å²) in [5.74, 6) is -5.00. The van der Waals surface area contributed by atoms with Gasteiger partial charge in [0.1, 0.15) is 11.6 Å². The Hall–Kier alpha value is -4.63. The van der Waals surface area contributed by atoms with E-state index in [1.807, 2.05) is 24.3 Å². The third-order valence-corrected chi connectivity index (χ3v) is 7.91. The van der Waals surface area contributed by atoms with Gasteiger partial charge >= 0.3 is 0 Å². The second-order valence-electron chi connectivity index (χ2n) is 11.0. The molecule has 0 saturated heterocycles. The van der Waals surface area contributed by atoms with Crippen molar-refractivity contribution in [2.24, 2.45) is 0 Å². The molecule has 5 rings (SSSR count). The summed E-state index contributed by atoms with van der Waals surface area (Å²) in [6, 6.07) is 23.5. The van der Waals surface area contributed by atoms with Crippen LogP contribution < -0.4 is 10.1 Å². The van der Waals surface area contributed by atoms with Gasteiger partial charge in [-0.1, -0.05) is 54.6 Å². The Labute approximate surface area is 254 Å². The Balaban J connectivity index is 1.53. The van der Waals surface area contributed by atoms with Gasteiger partial charge in [-0.2, -0.15) is 0 Å². The number of amides is 2. The van der Waals surface area contributed by atoms with Crippen molar-refractivity contribution < 1.29 is 32.6 Å². The van der Waals surface area contributed by atoms with Crippen LogP contribution in [-0.2, 0) is 30.3 Å². The number of carbonyl (C=O) groups excluding carboxylic acids is 2. The van der Waals surface area contributed by atoms with Crippen LogP contribution in [0.3, 0.4) is 0 Å². The number of aliphatic hydroxyl groups excluding tert-OH is 1. The Morgan fingerprint density at radius 2 is 1.64 bits per heavy atom. The van der Waals surface area contributed by atoms with Crippen LogP contribution in [-0.4, -0.2) is 35.5 Å². The Kier molecular flexibility index (Phi) is 9.06. The lowest BCUT2D eigenvalue weighted by Gasteiger charge is -2.42. The fourth-order valence-electron chi connectivity index (χ4n) is 5.67. The molecule has 0 spiro atoms. The zero-order valence-electron chi connectivity index (χ0n) is 24.4. The molecule has 1 aliphatic rings. The Morgan fingerprint density at radius 1 is 0.955 bits per heavy atom. The van der Waals surface area contributed by atoms with E-state index in [1.54, 1.807) is 55.6 Å². The zero-order valence-corrected chi connectivity index (χ0v) is 24.4. The summed E-state index contributed by atoms with van der Waals surface area (Å²) in [4.78, 5) is 29.5. The van der Waals surface area contributed by atoms with Crippen LogP contribution in [0.2, 0.25) is 0 Å². The van der Waals surface area contributed by atoms with Crippen LogP contribution in [0.25, 0.3) is 0 Å². The fourth-order valence-corrected chi connectivity index (χ4v) is 5.67. The van der Waals surface area contributed by atoms with Crippen molar-refractivity contribution in [3.63, 3.8) is 0 Å². The number of benzene rings is 4. The molecular weight excluding hydrogens is 569 g/mol. The van der Waals surface area contributed by atoms with E-state index in [4.69, 9.17) is 4.74 Å². The molecule has 2 amide bonds. The topological polar surface area (TPSA) is 78.9 Å². The number of hydrogen-bond donors (Lipinski definition) is 2.